The van der Waals surface area contributed by atoms with Crippen molar-refractivity contribution in [2.75, 3.05) is 33.2 Å². The largest absolute Gasteiger partial charge is 0.495 e. The molecule has 48 heavy (non-hydrogen) atoms. The molecule has 2 fully saturated rings. The summed E-state index contributed by atoms with van der Waals surface area (Å²) in [4.78, 5) is 54.7. The zero-order chi connectivity index (χ0) is 35.7. The Balaban J connectivity index is 1.80. The van der Waals surface area contributed by atoms with Crippen molar-refractivity contribution in [2.24, 2.45) is 5.92 Å². The number of carbonyl (C=O) groups excluding carboxylic acids is 4. The number of anilines is 1. The number of nitrogens with zero attached hydrogens (tertiary/aromatic N) is 2. The molecule has 14 heteroatoms. The van der Waals surface area contributed by atoms with Crippen LogP contribution in [0.25, 0.3) is 0 Å². The molecule has 8 atom stereocenters. The topological polar surface area (TPSA) is 156 Å². The third-order valence-corrected chi connectivity index (χ3v) is 10.0. The summed E-state index contributed by atoms with van der Waals surface area (Å²) >= 11 is 6.71. The van der Waals surface area contributed by atoms with Crippen LogP contribution in [-0.4, -0.2) is 104 Å². The predicted molar refractivity (Wildman–Crippen MR) is 177 cm³/mol. The number of epoxide rings is 1. The van der Waals surface area contributed by atoms with E-state index in [9.17, 15) is 24.3 Å². The molecular weight excluding hydrogens is 646 g/mol. The number of ether oxygens (including phenoxy) is 5. The number of halogens is 1. The lowest BCUT2D eigenvalue weighted by Crippen LogP contribution is -2.63. The van der Waals surface area contributed by atoms with Gasteiger partial charge in [0.05, 0.1) is 25.3 Å². The van der Waals surface area contributed by atoms with Crippen LogP contribution in [0, 0.1) is 5.92 Å². The van der Waals surface area contributed by atoms with Gasteiger partial charge in [0, 0.05) is 40.5 Å². The van der Waals surface area contributed by atoms with Crippen molar-refractivity contribution < 1.29 is 48.0 Å². The van der Waals surface area contributed by atoms with Crippen molar-refractivity contribution in [3.63, 3.8) is 0 Å². The summed E-state index contributed by atoms with van der Waals surface area (Å²) in [5.41, 5.74) is -0.871. The molecule has 4 bridgehead atoms. The van der Waals surface area contributed by atoms with E-state index in [-0.39, 0.29) is 23.8 Å². The standard InChI is InChI=1S/C34H46ClN3O10/c1-18-11-10-12-26(45-9)34(43)17-25(46-32(42)36-34)19(2)30-33(5,48-30)27(47-31(41)20(3)37(6)21(4)39)16-28(40)38(7)23-14-22(13-18)15-24(44-8)29(23)35/h10-12,14-15,19-20,25-27,30,43H,13,16-17H2,1-9H3,(H,36,42)/b12-10+,18-11+/t19?,20-,25?,26+,27-,30-,33-,34-/m0/s1. The van der Waals surface area contributed by atoms with Crippen LogP contribution in [0.1, 0.15) is 53.0 Å². The molecular formula is C34H46ClN3O10. The van der Waals surface area contributed by atoms with Gasteiger partial charge in [-0.05, 0) is 44.9 Å². The van der Waals surface area contributed by atoms with Gasteiger partial charge in [-0.3, -0.25) is 14.9 Å². The fourth-order valence-electron chi connectivity index (χ4n) is 6.27. The lowest BCUT2D eigenvalue weighted by atomic mass is 9.83. The average molecular weight is 692 g/mol. The summed E-state index contributed by atoms with van der Waals surface area (Å²) in [7, 11) is 5.97. The number of hydrogen-bond donors (Lipinski definition) is 2. The number of esters is 1. The van der Waals surface area contributed by atoms with Crippen molar-refractivity contribution >= 4 is 41.2 Å². The third kappa shape index (κ3) is 7.64. The number of likely N-dealkylation sites (N-methyl/N-ethyl adjacent to an activating group) is 1. The first-order valence-corrected chi connectivity index (χ1v) is 16.2. The molecule has 0 saturated carbocycles. The number of amides is 3. The van der Waals surface area contributed by atoms with Gasteiger partial charge in [0.25, 0.3) is 0 Å². The van der Waals surface area contributed by atoms with Crippen LogP contribution >= 0.6 is 11.6 Å². The highest BCUT2D eigenvalue weighted by molar-refractivity contribution is 6.35. The van der Waals surface area contributed by atoms with E-state index in [4.69, 9.17) is 35.3 Å². The molecule has 2 saturated heterocycles. The second-order valence-electron chi connectivity index (χ2n) is 13.0. The number of hydrogen-bond acceptors (Lipinski definition) is 10. The molecule has 13 nitrogen and oxygen atoms in total. The van der Waals surface area contributed by atoms with E-state index < -0.39 is 65.7 Å². The molecule has 3 heterocycles. The highest BCUT2D eigenvalue weighted by atomic mass is 35.5. The van der Waals surface area contributed by atoms with Gasteiger partial charge in [0.2, 0.25) is 11.8 Å². The van der Waals surface area contributed by atoms with Crippen LogP contribution in [0.5, 0.6) is 5.75 Å². The van der Waals surface area contributed by atoms with E-state index >= 15 is 0 Å². The predicted octanol–water partition coefficient (Wildman–Crippen LogP) is 3.53. The maximum atomic E-state index is 14.0. The van der Waals surface area contributed by atoms with Gasteiger partial charge < -0.3 is 38.6 Å². The molecule has 0 radical (unpaired) electrons. The van der Waals surface area contributed by atoms with Crippen molar-refractivity contribution in [3.05, 3.63) is 46.5 Å². The summed E-state index contributed by atoms with van der Waals surface area (Å²) in [6.07, 6.45) is 1.02. The van der Waals surface area contributed by atoms with Gasteiger partial charge in [0.15, 0.2) is 5.72 Å². The van der Waals surface area contributed by atoms with Crippen LogP contribution < -0.4 is 15.0 Å². The van der Waals surface area contributed by atoms with Gasteiger partial charge in [-0.15, -0.1) is 0 Å². The minimum absolute atomic E-state index is 0.0436. The summed E-state index contributed by atoms with van der Waals surface area (Å²) in [5, 5.41) is 14.4. The number of fused-ring (bicyclic) bond motifs is 5. The summed E-state index contributed by atoms with van der Waals surface area (Å²) in [6, 6.07) is 2.63. The van der Waals surface area contributed by atoms with Crippen LogP contribution in [-0.2, 0) is 39.8 Å². The van der Waals surface area contributed by atoms with Crippen molar-refractivity contribution in [1.29, 1.82) is 0 Å². The third-order valence-electron chi connectivity index (χ3n) is 9.63. The number of carbonyl (C=O) groups is 4. The Labute approximate surface area is 286 Å². The molecule has 4 rings (SSSR count). The molecule has 1 aromatic carbocycles. The molecule has 0 spiro atoms. The van der Waals surface area contributed by atoms with E-state index in [1.165, 1.54) is 44.9 Å². The average Bonchev–Trinajstić information content (AvgIpc) is 3.73. The van der Waals surface area contributed by atoms with Crippen LogP contribution in [0.4, 0.5) is 10.5 Å². The molecule has 3 aliphatic rings. The first kappa shape index (κ1) is 37.2. The van der Waals surface area contributed by atoms with Crippen LogP contribution in [0.15, 0.2) is 35.9 Å². The monoisotopic (exact) mass is 691 g/mol. The molecule has 264 valence electrons. The fourth-order valence-corrected chi connectivity index (χ4v) is 6.59. The Morgan fingerprint density at radius 3 is 2.56 bits per heavy atom. The van der Waals surface area contributed by atoms with Crippen molar-refractivity contribution in [1.82, 2.24) is 10.2 Å². The van der Waals surface area contributed by atoms with Gasteiger partial charge in [-0.2, -0.15) is 0 Å². The minimum atomic E-state index is -1.81. The first-order chi connectivity index (χ1) is 22.4. The van der Waals surface area contributed by atoms with Crippen LogP contribution in [0.3, 0.4) is 0 Å². The molecule has 3 aliphatic heterocycles. The van der Waals surface area contributed by atoms with Crippen molar-refractivity contribution in [3.8, 4) is 5.75 Å². The number of benzene rings is 1. The second-order valence-corrected chi connectivity index (χ2v) is 13.4. The normalized spacial score (nSPS) is 33.2. The molecule has 2 N–H and O–H groups in total. The molecule has 1 aromatic rings. The molecule has 0 aliphatic carbocycles. The highest BCUT2D eigenvalue weighted by Gasteiger charge is 2.64. The zero-order valence-corrected chi connectivity index (χ0v) is 29.6. The number of alkyl carbamates (subject to hydrolysis) is 1. The summed E-state index contributed by atoms with van der Waals surface area (Å²) in [6.45, 7) is 8.29. The number of allylic oxidation sites excluding steroid dienone is 3. The van der Waals surface area contributed by atoms with Crippen LogP contribution in [0.2, 0.25) is 5.02 Å². The maximum Gasteiger partial charge on any atom is 0.409 e. The Kier molecular flexibility index (Phi) is 11.2. The van der Waals surface area contributed by atoms with Crippen molar-refractivity contribution in [2.45, 2.75) is 95.7 Å². The number of rotatable bonds is 5. The van der Waals surface area contributed by atoms with Gasteiger partial charge in [0.1, 0.15) is 40.7 Å². The Morgan fingerprint density at radius 2 is 1.94 bits per heavy atom. The number of methoxy groups -OCH3 is 2. The second kappa shape index (κ2) is 14.5. The van der Waals surface area contributed by atoms with E-state index in [0.29, 0.717) is 17.9 Å². The Morgan fingerprint density at radius 1 is 1.25 bits per heavy atom. The lowest BCUT2D eigenvalue weighted by Gasteiger charge is -2.42. The Hall–Kier alpha value is -3.65. The van der Waals surface area contributed by atoms with Gasteiger partial charge in [-0.1, -0.05) is 42.3 Å². The fraction of sp³-hybridized carbons (Fsp3) is 0.588. The lowest BCUT2D eigenvalue weighted by molar-refractivity contribution is -0.161. The smallest absolute Gasteiger partial charge is 0.409 e. The van der Waals surface area contributed by atoms with E-state index in [0.717, 1.165) is 11.1 Å². The quantitative estimate of drug-likeness (QED) is 0.346. The van der Waals surface area contributed by atoms with E-state index in [1.807, 2.05) is 13.0 Å². The highest BCUT2D eigenvalue weighted by Crippen LogP contribution is 2.49. The van der Waals surface area contributed by atoms with Gasteiger partial charge >= 0.3 is 12.1 Å². The maximum absolute atomic E-state index is 14.0. The van der Waals surface area contributed by atoms with E-state index in [2.05, 4.69) is 5.32 Å². The summed E-state index contributed by atoms with van der Waals surface area (Å²) < 4.78 is 28.9. The Bertz CT molecular complexity index is 1500. The molecule has 2 unspecified atom stereocenters. The summed E-state index contributed by atoms with van der Waals surface area (Å²) in [5.74, 6) is -1.63. The minimum Gasteiger partial charge on any atom is -0.495 e. The first-order valence-electron chi connectivity index (χ1n) is 15.8. The van der Waals surface area contributed by atoms with Gasteiger partial charge in [-0.25, -0.2) is 9.59 Å². The van der Waals surface area contributed by atoms with E-state index in [1.54, 1.807) is 45.2 Å². The molecule has 0 aromatic heterocycles. The SMILES string of the molecule is COc1cc2cc(c1Cl)N(C)C(=O)C[C@H](OC(=O)[C@H](C)N(C)C(C)=O)[C@]1(C)O[C@H]1C(C)C1C[C@@](O)(NC(=O)O1)[C@H](OC)/C=C/C=C(\C)C2. The number of aliphatic hydroxyl groups is 1. The number of nitrogens with one attached hydrogen (secondary N) is 1. The molecule has 3 amide bonds. The zero-order valence-electron chi connectivity index (χ0n) is 28.9.